The summed E-state index contributed by atoms with van der Waals surface area (Å²) in [5, 5.41) is 7.82. The molecule has 0 bridgehead atoms. The van der Waals surface area contributed by atoms with E-state index in [1.54, 1.807) is 0 Å². The molecule has 62 heavy (non-hydrogen) atoms. The summed E-state index contributed by atoms with van der Waals surface area (Å²) in [6, 6.07) is 50.4. The molecule has 0 N–H and O–H groups in total. The number of aromatic nitrogens is 1. The Hall–Kier alpha value is -4.86. The van der Waals surface area contributed by atoms with Crippen LogP contribution in [0.15, 0.2) is 150 Å². The van der Waals surface area contributed by atoms with E-state index in [0.29, 0.717) is 0 Å². The Labute approximate surface area is 385 Å². The van der Waals surface area contributed by atoms with Crippen molar-refractivity contribution in [2.75, 3.05) is 0 Å². The van der Waals surface area contributed by atoms with Gasteiger partial charge in [0.1, 0.15) is 11.2 Å². The van der Waals surface area contributed by atoms with Crippen LogP contribution in [0.5, 0.6) is 0 Å². The number of furan rings is 1. The van der Waals surface area contributed by atoms with Gasteiger partial charge >= 0.3 is 0 Å². The van der Waals surface area contributed by atoms with Crippen molar-refractivity contribution in [3.63, 3.8) is 0 Å². The lowest BCUT2D eigenvalue weighted by atomic mass is 10.2. The van der Waals surface area contributed by atoms with Crippen LogP contribution in [0.1, 0.15) is 150 Å². The molecular weight excluding hydrogens is 771 g/mol. The van der Waals surface area contributed by atoms with Crippen LogP contribution in [0.2, 0.25) is 0 Å². The number of thiophene rings is 1. The number of nitrogens with zero attached hydrogens (tertiary/aromatic N) is 1. The fourth-order valence-electron chi connectivity index (χ4n) is 5.47. The van der Waals surface area contributed by atoms with Gasteiger partial charge in [-0.3, -0.25) is 0 Å². The predicted octanol–water partition coefficient (Wildman–Crippen LogP) is 21.8. The summed E-state index contributed by atoms with van der Waals surface area (Å²) in [6.07, 6.45) is 5.14. The molecule has 9 aromatic rings. The zero-order valence-corrected chi connectivity index (χ0v) is 43.8. The van der Waals surface area contributed by atoms with E-state index < -0.39 is 0 Å². The first-order valence-corrected chi connectivity index (χ1v) is 25.0. The maximum absolute atomic E-state index is 5.65. The second kappa shape index (κ2) is 41.5. The molecule has 0 aliphatic carbocycles. The molecule has 2 nitrogen and oxygen atoms in total. The van der Waals surface area contributed by atoms with Crippen LogP contribution in [0, 0.1) is 0 Å². The highest BCUT2D eigenvalue weighted by molar-refractivity contribution is 7.25. The van der Waals surface area contributed by atoms with E-state index in [-0.39, 0.29) is 0 Å². The zero-order valence-electron chi connectivity index (χ0n) is 42.9. The summed E-state index contributed by atoms with van der Waals surface area (Å²) in [5.41, 5.74) is 4.52. The van der Waals surface area contributed by atoms with Gasteiger partial charge in [-0.15, -0.1) is 11.3 Å². The van der Waals surface area contributed by atoms with E-state index in [4.69, 9.17) is 4.42 Å². The average molecular weight is 860 g/mol. The lowest BCUT2D eigenvalue weighted by molar-refractivity contribution is 0.669. The number of rotatable bonds is 1. The molecular formula is C59H89NOS. The average Bonchev–Trinajstić information content (AvgIpc) is 4.03. The minimum absolute atomic E-state index is 0.962. The minimum atomic E-state index is 0.962. The van der Waals surface area contributed by atoms with E-state index >= 15 is 0 Å². The van der Waals surface area contributed by atoms with Crippen molar-refractivity contribution in [3.8, 4) is 0 Å². The number of unbranched alkanes of at least 4 members (excludes halogenated alkanes) is 1. The first-order valence-electron chi connectivity index (χ1n) is 24.2. The molecule has 3 heteroatoms. The highest BCUT2D eigenvalue weighted by Crippen LogP contribution is 2.33. The van der Waals surface area contributed by atoms with E-state index in [2.05, 4.69) is 162 Å². The van der Waals surface area contributed by atoms with Gasteiger partial charge in [-0.05, 0) is 36.4 Å². The van der Waals surface area contributed by atoms with Crippen molar-refractivity contribution >= 4 is 75.3 Å². The number of para-hydroxylation sites is 4. The molecule has 0 saturated carbocycles. The molecule has 342 valence electrons. The first kappa shape index (κ1) is 61.4. The number of benzene rings is 6. The van der Waals surface area contributed by atoms with Crippen LogP contribution >= 0.6 is 11.3 Å². The van der Waals surface area contributed by atoms with Crippen molar-refractivity contribution in [2.24, 2.45) is 7.05 Å². The van der Waals surface area contributed by atoms with Crippen molar-refractivity contribution in [1.82, 2.24) is 4.57 Å². The predicted molar refractivity (Wildman–Crippen MR) is 294 cm³/mol. The molecule has 0 spiro atoms. The van der Waals surface area contributed by atoms with Gasteiger partial charge in [0.15, 0.2) is 0 Å². The Bertz CT molecular complexity index is 2060. The van der Waals surface area contributed by atoms with E-state index in [0.717, 1.165) is 11.2 Å². The smallest absolute Gasteiger partial charge is 0.135 e. The molecule has 0 saturated heterocycles. The Morgan fingerprint density at radius 2 is 0.581 bits per heavy atom. The molecule has 0 aliphatic rings. The quantitative estimate of drug-likeness (QED) is 0.161. The van der Waals surface area contributed by atoms with E-state index in [1.807, 2.05) is 131 Å². The molecule has 0 amide bonds. The standard InChI is InChI=1S/C13H11N.C12H8O.C12H8S.C4H10.2C3H8.6C2H6/c1-14-12-8-4-2-6-10(12)11-7-3-5-9-13(11)14;2*1-3-7-11-9(5-1)10-6-2-4-8-12(10)13-11;1-3-4-2;2*1-3-2;6*1-2/h2-9H,1H3;2*1-8H;3-4H2,1-2H3;2*3H2,1-2H3;6*1-2H3. The van der Waals surface area contributed by atoms with Crippen LogP contribution in [0.25, 0.3) is 63.9 Å². The third-order valence-electron chi connectivity index (χ3n) is 7.89. The SMILES string of the molecule is CC.CC.CC.CC.CC.CC.CCC.CCC.CCCC.Cn1c2ccccc2c2ccccc21.c1ccc2c(c1)oc1ccccc12.c1ccc2c(c1)sc1ccccc12. The minimum Gasteiger partial charge on any atom is -0.456 e. The summed E-state index contributed by atoms with van der Waals surface area (Å²) in [5.74, 6) is 0. The molecule has 0 atom stereocenters. The first-order chi connectivity index (χ1) is 30.5. The van der Waals surface area contributed by atoms with Gasteiger partial charge in [0, 0.05) is 59.8 Å². The number of fused-ring (bicyclic) bond motifs is 9. The lowest BCUT2D eigenvalue weighted by Gasteiger charge is -1.95. The monoisotopic (exact) mass is 860 g/mol. The van der Waals surface area contributed by atoms with Gasteiger partial charge in [0.2, 0.25) is 0 Å². The fourth-order valence-corrected chi connectivity index (χ4v) is 6.57. The number of hydrogen-bond acceptors (Lipinski definition) is 2. The molecule has 3 aromatic heterocycles. The van der Waals surface area contributed by atoms with E-state index in [1.165, 1.54) is 78.4 Å². The Balaban J connectivity index is -0.000000687. The van der Waals surface area contributed by atoms with Crippen molar-refractivity contribution in [1.29, 1.82) is 0 Å². The van der Waals surface area contributed by atoms with Crippen LogP contribution < -0.4 is 0 Å². The summed E-state index contributed by atoms with van der Waals surface area (Å²) in [4.78, 5) is 0. The highest BCUT2D eigenvalue weighted by Gasteiger charge is 2.05. The molecule has 0 radical (unpaired) electrons. The topological polar surface area (TPSA) is 18.1 Å². The normalized spacial score (nSPS) is 8.82. The van der Waals surface area contributed by atoms with Crippen molar-refractivity contribution in [3.05, 3.63) is 146 Å². The summed E-state index contributed by atoms with van der Waals surface area (Å²) < 4.78 is 10.6. The maximum atomic E-state index is 5.65. The highest BCUT2D eigenvalue weighted by atomic mass is 32.1. The Kier molecular flexibility index (Phi) is 41.1. The van der Waals surface area contributed by atoms with E-state index in [9.17, 15) is 0 Å². The molecule has 3 heterocycles. The summed E-state index contributed by atoms with van der Waals surface area (Å²) in [7, 11) is 2.12. The van der Waals surface area contributed by atoms with Crippen LogP contribution in [0.3, 0.4) is 0 Å². The molecule has 6 aromatic carbocycles. The molecule has 9 rings (SSSR count). The van der Waals surface area contributed by atoms with Crippen LogP contribution in [-0.2, 0) is 7.05 Å². The number of aryl methyl sites for hydroxylation is 1. The Morgan fingerprint density at radius 1 is 0.339 bits per heavy atom. The third kappa shape index (κ3) is 19.9. The summed E-state index contributed by atoms with van der Waals surface area (Å²) in [6.45, 7) is 36.9. The zero-order chi connectivity index (χ0) is 47.7. The van der Waals surface area contributed by atoms with Crippen LogP contribution in [-0.4, -0.2) is 4.57 Å². The van der Waals surface area contributed by atoms with Gasteiger partial charge in [0.25, 0.3) is 0 Å². The maximum Gasteiger partial charge on any atom is 0.135 e. The Morgan fingerprint density at radius 3 is 0.887 bits per heavy atom. The van der Waals surface area contributed by atoms with Crippen molar-refractivity contribution in [2.45, 2.75) is 150 Å². The van der Waals surface area contributed by atoms with Gasteiger partial charge < -0.3 is 8.98 Å². The lowest BCUT2D eigenvalue weighted by Crippen LogP contribution is -1.84. The van der Waals surface area contributed by atoms with Crippen molar-refractivity contribution < 1.29 is 4.42 Å². The largest absolute Gasteiger partial charge is 0.456 e. The number of hydrogen-bond donors (Lipinski definition) is 0. The van der Waals surface area contributed by atoms with Gasteiger partial charge in [0.05, 0.1) is 0 Å². The molecule has 0 aliphatic heterocycles. The van der Waals surface area contributed by atoms with Gasteiger partial charge in [-0.25, -0.2) is 0 Å². The summed E-state index contributed by atoms with van der Waals surface area (Å²) >= 11 is 1.86. The molecule has 0 fully saturated rings. The van der Waals surface area contributed by atoms with Gasteiger partial charge in [-0.2, -0.15) is 0 Å². The third-order valence-corrected chi connectivity index (χ3v) is 9.04. The van der Waals surface area contributed by atoms with Gasteiger partial charge in [-0.1, -0.05) is 260 Å². The second-order valence-corrected chi connectivity index (χ2v) is 13.3. The fraction of sp³-hybridized carbons (Fsp3) is 0.390. The molecule has 0 unspecified atom stereocenters. The second-order valence-electron chi connectivity index (χ2n) is 12.2. The van der Waals surface area contributed by atoms with Crippen LogP contribution in [0.4, 0.5) is 0 Å².